The van der Waals surface area contributed by atoms with Crippen molar-refractivity contribution in [3.8, 4) is 5.00 Å². The van der Waals surface area contributed by atoms with Crippen molar-refractivity contribution in [3.63, 3.8) is 0 Å². The fraction of sp³-hybridized carbons (Fsp3) is 0.303. The molecule has 2 aliphatic rings. The minimum atomic E-state index is -0.579. The molecule has 0 radical (unpaired) electrons. The van der Waals surface area contributed by atoms with Gasteiger partial charge in [-0.3, -0.25) is 28.7 Å². The minimum absolute atomic E-state index is 0.0874. The Morgan fingerprint density at radius 3 is 2.35 bits per heavy atom. The Morgan fingerprint density at radius 1 is 0.957 bits per heavy atom. The van der Waals surface area contributed by atoms with Gasteiger partial charge in [-0.25, -0.2) is 0 Å². The molecular weight excluding hydrogens is 626 g/mol. The van der Waals surface area contributed by atoms with Crippen molar-refractivity contribution in [1.82, 2.24) is 29.1 Å². The number of aromatic nitrogens is 4. The quantitative estimate of drug-likeness (QED) is 0.228. The predicted octanol–water partition coefficient (Wildman–Crippen LogP) is 4.00. The van der Waals surface area contributed by atoms with Crippen LogP contribution in [0.1, 0.15) is 56.0 Å². The number of carbonyl (C=O) groups is 3. The maximum atomic E-state index is 13.7. The van der Waals surface area contributed by atoms with E-state index in [9.17, 15) is 19.2 Å². The SMILES string of the molecule is Cc1sc2c(c1C)C(c1ccc(Cl)cc1)=N[C@@H](CC(=O)N1CCN(C(=O)/C=C/C(=O)c3ccc(=O)n(C)c3)CC1)c1nnc(C)n1-2. The number of thiophene rings is 1. The highest BCUT2D eigenvalue weighted by Crippen LogP contribution is 2.39. The van der Waals surface area contributed by atoms with Crippen LogP contribution in [-0.2, 0) is 16.6 Å². The van der Waals surface area contributed by atoms with Crippen LogP contribution in [0, 0.1) is 20.8 Å². The monoisotopic (exact) mass is 657 g/mol. The summed E-state index contributed by atoms with van der Waals surface area (Å²) < 4.78 is 3.33. The highest BCUT2D eigenvalue weighted by molar-refractivity contribution is 7.15. The van der Waals surface area contributed by atoms with Crippen molar-refractivity contribution in [2.75, 3.05) is 26.2 Å². The van der Waals surface area contributed by atoms with E-state index in [4.69, 9.17) is 16.6 Å². The largest absolute Gasteiger partial charge is 0.339 e. The Morgan fingerprint density at radius 2 is 1.65 bits per heavy atom. The molecule has 2 aliphatic heterocycles. The first kappa shape index (κ1) is 31.3. The number of piperazine rings is 1. The third kappa shape index (κ3) is 5.97. The third-order valence-electron chi connectivity index (χ3n) is 8.42. The molecule has 5 heterocycles. The summed E-state index contributed by atoms with van der Waals surface area (Å²) in [6.45, 7) is 7.43. The minimum Gasteiger partial charge on any atom is -0.339 e. The van der Waals surface area contributed by atoms with Crippen molar-refractivity contribution < 1.29 is 14.4 Å². The van der Waals surface area contributed by atoms with Crippen LogP contribution in [0.25, 0.3) is 5.00 Å². The molecule has 0 saturated carbocycles. The molecule has 13 heteroatoms. The van der Waals surface area contributed by atoms with Gasteiger partial charge in [-0.05, 0) is 50.6 Å². The zero-order valence-corrected chi connectivity index (χ0v) is 27.4. The number of pyridine rings is 1. The van der Waals surface area contributed by atoms with Gasteiger partial charge in [-0.1, -0.05) is 23.7 Å². The second-order valence-corrected chi connectivity index (χ2v) is 13.0. The number of halogens is 1. The Hall–Kier alpha value is -4.68. The molecule has 11 nitrogen and oxygen atoms in total. The normalized spacial score (nSPS) is 16.2. The molecule has 6 rings (SSSR count). The first-order valence-corrected chi connectivity index (χ1v) is 16.0. The molecule has 1 atom stereocenters. The van der Waals surface area contributed by atoms with Crippen LogP contribution in [-0.4, -0.2) is 78.6 Å². The predicted molar refractivity (Wildman–Crippen MR) is 176 cm³/mol. The fourth-order valence-electron chi connectivity index (χ4n) is 5.69. The molecule has 3 aromatic heterocycles. The topological polar surface area (TPSA) is 123 Å². The summed E-state index contributed by atoms with van der Waals surface area (Å²) in [6.07, 6.45) is 3.97. The molecule has 2 amide bonds. The number of ketones is 1. The van der Waals surface area contributed by atoms with Gasteiger partial charge in [0, 0.05) is 78.2 Å². The summed E-state index contributed by atoms with van der Waals surface area (Å²) in [5.74, 6) is 0.549. The van der Waals surface area contributed by atoms with Gasteiger partial charge in [0.05, 0.1) is 12.1 Å². The fourth-order valence-corrected chi connectivity index (χ4v) is 7.03. The van der Waals surface area contributed by atoms with E-state index in [0.717, 1.165) is 33.2 Å². The van der Waals surface area contributed by atoms with Gasteiger partial charge in [0.2, 0.25) is 17.4 Å². The maximum Gasteiger partial charge on any atom is 0.250 e. The zero-order valence-electron chi connectivity index (χ0n) is 25.9. The van der Waals surface area contributed by atoms with Gasteiger partial charge < -0.3 is 14.4 Å². The number of fused-ring (bicyclic) bond motifs is 3. The highest BCUT2D eigenvalue weighted by atomic mass is 35.5. The van der Waals surface area contributed by atoms with E-state index in [1.165, 1.54) is 39.9 Å². The molecule has 0 aliphatic carbocycles. The molecular formula is C33H32ClN7O4S. The number of hydrogen-bond donors (Lipinski definition) is 0. The maximum absolute atomic E-state index is 13.7. The van der Waals surface area contributed by atoms with E-state index in [-0.39, 0.29) is 29.6 Å². The summed E-state index contributed by atoms with van der Waals surface area (Å²) in [5, 5.41) is 10.5. The van der Waals surface area contributed by atoms with Gasteiger partial charge in [0.1, 0.15) is 16.9 Å². The molecule has 1 fully saturated rings. The number of aliphatic imine (C=N–C) groups is 1. The summed E-state index contributed by atoms with van der Waals surface area (Å²) in [7, 11) is 1.56. The second-order valence-electron chi connectivity index (χ2n) is 11.4. The molecule has 236 valence electrons. The number of nitrogens with zero attached hydrogens (tertiary/aromatic N) is 7. The zero-order chi connectivity index (χ0) is 32.7. The van der Waals surface area contributed by atoms with Crippen LogP contribution >= 0.6 is 22.9 Å². The van der Waals surface area contributed by atoms with Crippen LogP contribution in [0.2, 0.25) is 5.02 Å². The van der Waals surface area contributed by atoms with Crippen LogP contribution in [0.5, 0.6) is 0 Å². The summed E-state index contributed by atoms with van der Waals surface area (Å²) in [4.78, 5) is 60.4. The summed E-state index contributed by atoms with van der Waals surface area (Å²) >= 11 is 7.86. The molecule has 0 bridgehead atoms. The lowest BCUT2D eigenvalue weighted by Gasteiger charge is -2.34. The number of hydrogen-bond acceptors (Lipinski definition) is 8. The summed E-state index contributed by atoms with van der Waals surface area (Å²) in [5.41, 5.74) is 3.88. The van der Waals surface area contributed by atoms with E-state index in [1.807, 2.05) is 35.8 Å². The van der Waals surface area contributed by atoms with Crippen molar-refractivity contribution >= 4 is 46.2 Å². The second kappa shape index (κ2) is 12.6. The highest BCUT2D eigenvalue weighted by Gasteiger charge is 2.34. The van der Waals surface area contributed by atoms with E-state index in [2.05, 4.69) is 24.0 Å². The molecule has 1 aromatic carbocycles. The van der Waals surface area contributed by atoms with E-state index in [0.29, 0.717) is 42.6 Å². The van der Waals surface area contributed by atoms with Crippen LogP contribution < -0.4 is 5.56 Å². The average molecular weight is 658 g/mol. The first-order chi connectivity index (χ1) is 22.0. The Kier molecular flexibility index (Phi) is 8.58. The molecule has 4 aromatic rings. The lowest BCUT2D eigenvalue weighted by molar-refractivity contribution is -0.137. The summed E-state index contributed by atoms with van der Waals surface area (Å²) in [6, 6.07) is 9.72. The van der Waals surface area contributed by atoms with Gasteiger partial charge in [0.15, 0.2) is 11.6 Å². The number of aryl methyl sites for hydroxylation is 3. The van der Waals surface area contributed by atoms with Gasteiger partial charge in [-0.2, -0.15) is 0 Å². The number of benzene rings is 1. The van der Waals surface area contributed by atoms with Crippen LogP contribution in [0.15, 0.2) is 64.5 Å². The van der Waals surface area contributed by atoms with Gasteiger partial charge in [0.25, 0.3) is 0 Å². The van der Waals surface area contributed by atoms with Crippen molar-refractivity contribution in [2.45, 2.75) is 33.2 Å². The molecule has 0 spiro atoms. The van der Waals surface area contributed by atoms with Crippen molar-refractivity contribution in [2.24, 2.45) is 12.0 Å². The van der Waals surface area contributed by atoms with Crippen LogP contribution in [0.3, 0.4) is 0 Å². The van der Waals surface area contributed by atoms with Crippen molar-refractivity contribution in [3.05, 3.63) is 109 Å². The van der Waals surface area contributed by atoms with E-state index < -0.39 is 6.04 Å². The molecule has 1 saturated heterocycles. The molecule has 0 unspecified atom stereocenters. The number of carbonyl (C=O) groups excluding carboxylic acids is 3. The smallest absolute Gasteiger partial charge is 0.250 e. The Balaban J connectivity index is 1.18. The van der Waals surface area contributed by atoms with E-state index in [1.54, 1.807) is 28.2 Å². The lowest BCUT2D eigenvalue weighted by Crippen LogP contribution is -2.50. The molecule has 0 N–H and O–H groups in total. The van der Waals surface area contributed by atoms with Gasteiger partial charge >= 0.3 is 0 Å². The van der Waals surface area contributed by atoms with Crippen LogP contribution in [0.4, 0.5) is 0 Å². The average Bonchev–Trinajstić information content (AvgIpc) is 3.53. The molecule has 46 heavy (non-hydrogen) atoms. The first-order valence-electron chi connectivity index (χ1n) is 14.8. The number of rotatable bonds is 6. The van der Waals surface area contributed by atoms with Gasteiger partial charge in [-0.15, -0.1) is 21.5 Å². The van der Waals surface area contributed by atoms with E-state index >= 15 is 0 Å². The Bertz CT molecular complexity index is 1980. The third-order valence-corrected chi connectivity index (χ3v) is 9.86. The standard InChI is InChI=1S/C33H32ClN7O4S/c1-19-20(2)46-33-30(19)31(22-5-8-24(34)9-6-22)35-25(32-37-36-21(3)41(32)33)17-29(45)40-15-13-39(14-16-40)28(44)12-10-26(42)23-7-11-27(43)38(4)18-23/h5-12,18,25H,13-17H2,1-4H3/b12-10+/t25-/m0/s1. The lowest BCUT2D eigenvalue weighted by atomic mass is 9.99. The number of amides is 2. The van der Waals surface area contributed by atoms with Crippen molar-refractivity contribution in [1.29, 1.82) is 0 Å². The number of allylic oxidation sites excluding steroid dienone is 1. The Labute approximate surface area is 274 Å².